The van der Waals surface area contributed by atoms with Crippen molar-refractivity contribution in [3.8, 4) is 5.75 Å². The summed E-state index contributed by atoms with van der Waals surface area (Å²) in [6, 6.07) is 7.13. The van der Waals surface area contributed by atoms with E-state index >= 15 is 0 Å². The summed E-state index contributed by atoms with van der Waals surface area (Å²) >= 11 is 0. The first-order chi connectivity index (χ1) is 15.4. The lowest BCUT2D eigenvalue weighted by Gasteiger charge is -2.20. The monoisotopic (exact) mass is 473 g/mol. The van der Waals surface area contributed by atoms with Crippen LogP contribution in [0.3, 0.4) is 0 Å². The molecule has 32 heavy (non-hydrogen) atoms. The summed E-state index contributed by atoms with van der Waals surface area (Å²) in [5, 5.41) is 0. The third-order valence-electron chi connectivity index (χ3n) is 5.55. The molecule has 1 aromatic rings. The molecule has 186 valence electrons. The first-order valence-corrected chi connectivity index (χ1v) is 13.5. The molecule has 2 unspecified atom stereocenters. The van der Waals surface area contributed by atoms with Crippen LogP contribution in [0.5, 0.6) is 5.75 Å². The minimum Gasteiger partial charge on any atom is -0.401 e. The maximum atomic E-state index is 13.2. The molecule has 7 nitrogen and oxygen atoms in total. The standard InChI is InChI=1S/C24H44NO6P/c1-7-11-13-21(9-3)19-27-30-32(26,31-28-20-22(10-4)14-12-8-2)29-24-17-15-23(16-18-24)25(5)6/h15-18,21-22H,7-14,19-20H2,1-6H3. The summed E-state index contributed by atoms with van der Waals surface area (Å²) in [5.74, 6) is 0.992. The molecular weight excluding hydrogens is 429 g/mol. The Morgan fingerprint density at radius 3 is 1.66 bits per heavy atom. The summed E-state index contributed by atoms with van der Waals surface area (Å²) in [6.45, 7) is 9.16. The van der Waals surface area contributed by atoms with Gasteiger partial charge in [0.2, 0.25) is 0 Å². The highest BCUT2D eigenvalue weighted by Gasteiger charge is 2.33. The van der Waals surface area contributed by atoms with E-state index in [2.05, 4.69) is 27.7 Å². The number of nitrogens with zero attached hydrogens (tertiary/aromatic N) is 1. The van der Waals surface area contributed by atoms with E-state index in [1.54, 1.807) is 12.1 Å². The van der Waals surface area contributed by atoms with E-state index in [0.29, 0.717) is 30.8 Å². The molecule has 0 aromatic heterocycles. The maximum absolute atomic E-state index is 13.2. The third kappa shape index (κ3) is 11.7. The van der Waals surface area contributed by atoms with Crippen LogP contribution in [0, 0.1) is 11.8 Å². The van der Waals surface area contributed by atoms with Gasteiger partial charge in [0, 0.05) is 19.8 Å². The van der Waals surface area contributed by atoms with Crippen molar-refractivity contribution in [1.29, 1.82) is 0 Å². The molecule has 0 aliphatic rings. The average Bonchev–Trinajstić information content (AvgIpc) is 2.78. The first kappa shape index (κ1) is 28.9. The minimum atomic E-state index is -4.12. The molecule has 0 fully saturated rings. The predicted octanol–water partition coefficient (Wildman–Crippen LogP) is 7.57. The lowest BCUT2D eigenvalue weighted by Crippen LogP contribution is -2.13. The molecule has 2 atom stereocenters. The van der Waals surface area contributed by atoms with Crippen molar-refractivity contribution in [3.05, 3.63) is 24.3 Å². The highest BCUT2D eigenvalue weighted by Crippen LogP contribution is 2.50. The van der Waals surface area contributed by atoms with Gasteiger partial charge in [0.05, 0.1) is 13.2 Å². The van der Waals surface area contributed by atoms with Crippen LogP contribution in [0.1, 0.15) is 79.1 Å². The van der Waals surface area contributed by atoms with Crippen molar-refractivity contribution < 1.29 is 28.2 Å². The van der Waals surface area contributed by atoms with Crippen LogP contribution in [0.25, 0.3) is 0 Å². The Hall–Kier alpha value is -1.11. The van der Waals surface area contributed by atoms with Crippen LogP contribution in [-0.2, 0) is 23.7 Å². The first-order valence-electron chi connectivity index (χ1n) is 12.1. The molecule has 0 radical (unpaired) electrons. The second kappa shape index (κ2) is 16.5. The van der Waals surface area contributed by atoms with Crippen LogP contribution < -0.4 is 9.42 Å². The van der Waals surface area contributed by atoms with Gasteiger partial charge in [-0.05, 0) is 48.9 Å². The van der Waals surface area contributed by atoms with E-state index in [-0.39, 0.29) is 0 Å². The van der Waals surface area contributed by atoms with Gasteiger partial charge in [-0.15, -0.1) is 9.35 Å². The number of rotatable bonds is 19. The molecule has 0 amide bonds. The smallest absolute Gasteiger partial charge is 0.401 e. The summed E-state index contributed by atoms with van der Waals surface area (Å²) in [7, 11) is -0.234. The van der Waals surface area contributed by atoms with Crippen LogP contribution >= 0.6 is 7.82 Å². The summed E-state index contributed by atoms with van der Waals surface area (Å²) in [6.07, 6.45) is 8.43. The van der Waals surface area contributed by atoms with Crippen LogP contribution in [-0.4, -0.2) is 27.3 Å². The molecule has 0 heterocycles. The van der Waals surface area contributed by atoms with Gasteiger partial charge in [0.25, 0.3) is 0 Å². The molecule has 1 aromatic carbocycles. The second-order valence-corrected chi connectivity index (χ2v) is 9.85. The average molecular weight is 474 g/mol. The van der Waals surface area contributed by atoms with Gasteiger partial charge in [-0.25, -0.2) is 14.3 Å². The molecule has 1 rings (SSSR count). The van der Waals surface area contributed by atoms with E-state index in [0.717, 1.165) is 57.1 Å². The van der Waals surface area contributed by atoms with Crippen molar-refractivity contribution in [3.63, 3.8) is 0 Å². The van der Waals surface area contributed by atoms with E-state index in [1.807, 2.05) is 31.1 Å². The van der Waals surface area contributed by atoms with Gasteiger partial charge in [-0.3, -0.25) is 0 Å². The Labute approximate surface area is 195 Å². The number of benzene rings is 1. The fraction of sp³-hybridized carbons (Fsp3) is 0.750. The van der Waals surface area contributed by atoms with Crippen molar-refractivity contribution in [2.75, 3.05) is 32.2 Å². The molecule has 0 saturated carbocycles. The van der Waals surface area contributed by atoms with Crippen LogP contribution in [0.15, 0.2) is 24.3 Å². The second-order valence-electron chi connectivity index (χ2n) is 8.48. The highest BCUT2D eigenvalue weighted by molar-refractivity contribution is 7.48. The molecule has 0 N–H and O–H groups in total. The summed E-state index contributed by atoms with van der Waals surface area (Å²) in [5.41, 5.74) is 0.991. The maximum Gasteiger partial charge on any atom is 0.585 e. The zero-order valence-electron chi connectivity index (χ0n) is 20.9. The normalized spacial score (nSPS) is 15.2. The van der Waals surface area contributed by atoms with Crippen LogP contribution in [0.4, 0.5) is 5.69 Å². The fourth-order valence-electron chi connectivity index (χ4n) is 3.16. The number of hydrogen-bond acceptors (Lipinski definition) is 7. The van der Waals surface area contributed by atoms with E-state index in [4.69, 9.17) is 23.6 Å². The topological polar surface area (TPSA) is 66.5 Å². The van der Waals surface area contributed by atoms with Gasteiger partial charge in [0.15, 0.2) is 0 Å². The Balaban J connectivity index is 2.75. The zero-order valence-corrected chi connectivity index (χ0v) is 21.8. The van der Waals surface area contributed by atoms with Crippen LogP contribution in [0.2, 0.25) is 0 Å². The molecule has 0 bridgehead atoms. The number of hydrogen-bond donors (Lipinski definition) is 0. The Kier molecular flexibility index (Phi) is 14.9. The van der Waals surface area contributed by atoms with E-state index in [9.17, 15) is 4.57 Å². The molecule has 8 heteroatoms. The number of unbranched alkanes of at least 4 members (excludes halogenated alkanes) is 2. The van der Waals surface area contributed by atoms with Gasteiger partial charge in [-0.1, -0.05) is 66.2 Å². The number of phosphoric acid groups is 1. The van der Waals surface area contributed by atoms with E-state index < -0.39 is 7.82 Å². The largest absolute Gasteiger partial charge is 0.585 e. The van der Waals surface area contributed by atoms with Crippen molar-refractivity contribution in [2.45, 2.75) is 79.1 Å². The van der Waals surface area contributed by atoms with Gasteiger partial charge < -0.3 is 9.42 Å². The van der Waals surface area contributed by atoms with Gasteiger partial charge in [-0.2, -0.15) is 0 Å². The quantitative estimate of drug-likeness (QED) is 0.117. The molecule has 0 aliphatic heterocycles. The lowest BCUT2D eigenvalue weighted by molar-refractivity contribution is -0.285. The third-order valence-corrected chi connectivity index (χ3v) is 6.56. The van der Waals surface area contributed by atoms with Crippen molar-refractivity contribution in [2.24, 2.45) is 11.8 Å². The zero-order chi connectivity index (χ0) is 23.8. The predicted molar refractivity (Wildman–Crippen MR) is 130 cm³/mol. The van der Waals surface area contributed by atoms with Crippen molar-refractivity contribution in [1.82, 2.24) is 0 Å². The summed E-state index contributed by atoms with van der Waals surface area (Å²) in [4.78, 5) is 12.6. The minimum absolute atomic E-state index is 0.320. The van der Waals surface area contributed by atoms with Gasteiger partial charge >= 0.3 is 7.82 Å². The Bertz CT molecular complexity index is 614. The summed E-state index contributed by atoms with van der Waals surface area (Å²) < 4.78 is 29.2. The SMILES string of the molecule is CCCCC(CC)COOP(=O)(OOCC(CC)CCCC)Oc1ccc(N(C)C)cc1. The van der Waals surface area contributed by atoms with E-state index in [1.165, 1.54) is 0 Å². The fourth-order valence-corrected chi connectivity index (χ4v) is 4.00. The highest BCUT2D eigenvalue weighted by atomic mass is 31.2. The molecule has 0 saturated heterocycles. The molecule has 0 aliphatic carbocycles. The Morgan fingerprint density at radius 1 is 0.812 bits per heavy atom. The van der Waals surface area contributed by atoms with Crippen molar-refractivity contribution >= 4 is 13.5 Å². The Morgan fingerprint density at radius 2 is 1.28 bits per heavy atom. The molecule has 0 spiro atoms. The lowest BCUT2D eigenvalue weighted by atomic mass is 10.0. The molecular formula is C24H44NO6P. The van der Waals surface area contributed by atoms with Gasteiger partial charge in [0.1, 0.15) is 5.75 Å². The number of anilines is 1.